The Morgan fingerprint density at radius 1 is 1.45 bits per heavy atom. The molecule has 0 amide bonds. The summed E-state index contributed by atoms with van der Waals surface area (Å²) < 4.78 is 0. The largest absolute Gasteiger partial charge is 0.480 e. The molecule has 0 saturated heterocycles. The first-order chi connectivity index (χ1) is 5.18. The first kappa shape index (κ1) is 13.0. The van der Waals surface area contributed by atoms with Gasteiger partial charge in [-0.05, 0) is 6.42 Å². The van der Waals surface area contributed by atoms with Crippen molar-refractivity contribution in [3.63, 3.8) is 0 Å². The van der Waals surface area contributed by atoms with Gasteiger partial charge in [-0.25, -0.2) is 0 Å². The fourth-order valence-corrected chi connectivity index (χ4v) is 0.362. The second kappa shape index (κ2) is 12.1. The first-order valence-corrected chi connectivity index (χ1v) is 3.71. The highest BCUT2D eigenvalue weighted by Gasteiger charge is 1.81. The van der Waals surface area contributed by atoms with E-state index >= 15 is 0 Å². The highest BCUT2D eigenvalue weighted by Crippen LogP contribution is 1.89. The highest BCUT2D eigenvalue weighted by molar-refractivity contribution is 5.68. The zero-order valence-electron chi connectivity index (χ0n) is 6.92. The summed E-state index contributed by atoms with van der Waals surface area (Å²) >= 11 is 0. The van der Waals surface area contributed by atoms with Gasteiger partial charge in [-0.15, -0.1) is 0 Å². The van der Waals surface area contributed by atoms with Gasteiger partial charge in [-0.1, -0.05) is 19.8 Å². The first-order valence-electron chi connectivity index (χ1n) is 3.71. The molecule has 0 heterocycles. The molecule has 0 aliphatic rings. The summed E-state index contributed by atoms with van der Waals surface area (Å²) in [7, 11) is 0. The minimum atomic E-state index is -0.968. The van der Waals surface area contributed by atoms with Gasteiger partial charge in [-0.3, -0.25) is 4.79 Å². The minimum Gasteiger partial charge on any atom is -0.480 e. The Balaban J connectivity index is 0. The van der Waals surface area contributed by atoms with Crippen LogP contribution in [0.1, 0.15) is 26.2 Å². The van der Waals surface area contributed by atoms with E-state index in [9.17, 15) is 4.79 Å². The zero-order valence-corrected chi connectivity index (χ0v) is 6.92. The lowest BCUT2D eigenvalue weighted by atomic mass is 10.3. The predicted octanol–water partition coefficient (Wildman–Crippen LogP) is 0.199. The zero-order chi connectivity index (χ0) is 9.11. The summed E-state index contributed by atoms with van der Waals surface area (Å²) in [4.78, 5) is 9.24. The number of aliphatic hydroxyl groups is 1. The Hall–Kier alpha value is -0.610. The number of aliphatic hydroxyl groups excluding tert-OH is 1. The normalized spacial score (nSPS) is 8.27. The van der Waals surface area contributed by atoms with E-state index in [1.807, 2.05) is 0 Å². The van der Waals surface area contributed by atoms with E-state index in [0.29, 0.717) is 6.61 Å². The third-order valence-corrected chi connectivity index (χ3v) is 0.936. The van der Waals surface area contributed by atoms with Crippen LogP contribution in [0.25, 0.3) is 0 Å². The molecular formula is C7H17NO3. The topological polar surface area (TPSA) is 83.5 Å². The third kappa shape index (κ3) is 26.6. The maximum Gasteiger partial charge on any atom is 0.317 e. The molecule has 11 heavy (non-hydrogen) atoms. The molecule has 0 saturated carbocycles. The third-order valence-electron chi connectivity index (χ3n) is 0.936. The second-order valence-corrected chi connectivity index (χ2v) is 2.03. The number of unbranched alkanes of at least 4 members (excludes halogenated alkanes) is 2. The van der Waals surface area contributed by atoms with Crippen LogP contribution in [-0.2, 0) is 4.79 Å². The number of hydrogen-bond donors (Lipinski definition) is 3. The van der Waals surface area contributed by atoms with Crippen molar-refractivity contribution in [1.29, 1.82) is 0 Å². The number of carboxylic acids is 1. The van der Waals surface area contributed by atoms with Gasteiger partial charge in [0.15, 0.2) is 0 Å². The minimum absolute atomic E-state index is 0.278. The average molecular weight is 163 g/mol. The number of hydrogen-bond acceptors (Lipinski definition) is 3. The molecule has 0 fully saturated rings. The molecule has 0 aromatic rings. The fraction of sp³-hybridized carbons (Fsp3) is 0.857. The Bertz CT molecular complexity index is 81.8. The Labute approximate surface area is 67.0 Å². The van der Waals surface area contributed by atoms with Crippen LogP contribution in [0.15, 0.2) is 0 Å². The van der Waals surface area contributed by atoms with E-state index in [1.165, 1.54) is 6.42 Å². The van der Waals surface area contributed by atoms with Crippen LogP contribution in [0, 0.1) is 0 Å². The summed E-state index contributed by atoms with van der Waals surface area (Å²) in [5, 5.41) is 15.8. The number of nitrogens with two attached hydrogens (primary N) is 1. The number of carbonyl (C=O) groups is 1. The van der Waals surface area contributed by atoms with Crippen LogP contribution in [-0.4, -0.2) is 29.3 Å². The Morgan fingerprint density at radius 2 is 1.91 bits per heavy atom. The van der Waals surface area contributed by atoms with Crippen molar-refractivity contribution >= 4 is 5.97 Å². The van der Waals surface area contributed by atoms with Crippen LogP contribution in [0.5, 0.6) is 0 Å². The van der Waals surface area contributed by atoms with Gasteiger partial charge >= 0.3 is 5.97 Å². The van der Waals surface area contributed by atoms with E-state index in [-0.39, 0.29) is 6.54 Å². The van der Waals surface area contributed by atoms with Crippen LogP contribution in [0.3, 0.4) is 0 Å². The molecule has 4 nitrogen and oxygen atoms in total. The molecule has 0 aromatic heterocycles. The predicted molar refractivity (Wildman–Crippen MR) is 43.3 cm³/mol. The van der Waals surface area contributed by atoms with E-state index in [4.69, 9.17) is 10.2 Å². The number of aliphatic carboxylic acids is 1. The maximum absolute atomic E-state index is 9.24. The fourth-order valence-electron chi connectivity index (χ4n) is 0.362. The monoisotopic (exact) mass is 163 g/mol. The average Bonchev–Trinajstić information content (AvgIpc) is 2.02. The lowest BCUT2D eigenvalue weighted by molar-refractivity contribution is -0.135. The molecule has 0 spiro atoms. The van der Waals surface area contributed by atoms with Gasteiger partial charge in [0.05, 0.1) is 6.54 Å². The molecule has 0 aromatic carbocycles. The molecule has 4 N–H and O–H groups in total. The van der Waals surface area contributed by atoms with Crippen molar-refractivity contribution in [2.24, 2.45) is 5.73 Å². The Kier molecular flexibility index (Phi) is 14.3. The lowest BCUT2D eigenvalue weighted by Crippen LogP contribution is -2.10. The van der Waals surface area contributed by atoms with Crippen molar-refractivity contribution < 1.29 is 15.0 Å². The van der Waals surface area contributed by atoms with Gasteiger partial charge in [0.1, 0.15) is 0 Å². The van der Waals surface area contributed by atoms with E-state index in [1.54, 1.807) is 0 Å². The smallest absolute Gasteiger partial charge is 0.317 e. The van der Waals surface area contributed by atoms with Gasteiger partial charge < -0.3 is 15.9 Å². The van der Waals surface area contributed by atoms with Crippen LogP contribution in [0.4, 0.5) is 0 Å². The van der Waals surface area contributed by atoms with Crippen molar-refractivity contribution in [2.75, 3.05) is 13.2 Å². The lowest BCUT2D eigenvalue weighted by Gasteiger charge is -1.85. The maximum atomic E-state index is 9.24. The summed E-state index contributed by atoms with van der Waals surface area (Å²) in [6.45, 7) is 2.20. The van der Waals surface area contributed by atoms with Crippen molar-refractivity contribution in [3.05, 3.63) is 0 Å². The molecule has 0 bridgehead atoms. The quantitative estimate of drug-likeness (QED) is 0.517. The van der Waals surface area contributed by atoms with Crippen LogP contribution >= 0.6 is 0 Å². The van der Waals surface area contributed by atoms with Crippen LogP contribution < -0.4 is 5.73 Å². The summed E-state index contributed by atoms with van der Waals surface area (Å²) in [5.74, 6) is -0.968. The molecule has 0 aliphatic heterocycles. The van der Waals surface area contributed by atoms with Gasteiger partial charge in [0.25, 0.3) is 0 Å². The molecule has 0 unspecified atom stereocenters. The molecule has 0 rings (SSSR count). The molecule has 4 heteroatoms. The second-order valence-electron chi connectivity index (χ2n) is 2.03. The molecule has 0 aliphatic carbocycles. The number of carboxylic acid groups (broad SMARTS) is 1. The van der Waals surface area contributed by atoms with Crippen LogP contribution in [0.2, 0.25) is 0 Å². The summed E-state index contributed by atoms with van der Waals surface area (Å²) in [5.41, 5.74) is 4.57. The van der Waals surface area contributed by atoms with Crippen molar-refractivity contribution in [2.45, 2.75) is 26.2 Å². The molecular weight excluding hydrogens is 146 g/mol. The number of rotatable bonds is 4. The van der Waals surface area contributed by atoms with Crippen molar-refractivity contribution in [3.8, 4) is 0 Å². The summed E-state index contributed by atoms with van der Waals surface area (Å²) in [6.07, 6.45) is 3.33. The van der Waals surface area contributed by atoms with E-state index < -0.39 is 5.97 Å². The van der Waals surface area contributed by atoms with E-state index in [2.05, 4.69) is 12.7 Å². The molecule has 0 atom stereocenters. The standard InChI is InChI=1S/C5H12O.C2H5NO2/c1-2-3-4-5-6;3-1-2(4)5/h6H,2-5H2,1H3;1,3H2,(H,4,5). The summed E-state index contributed by atoms with van der Waals surface area (Å²) in [6, 6.07) is 0. The Morgan fingerprint density at radius 3 is 2.00 bits per heavy atom. The molecule has 68 valence electrons. The van der Waals surface area contributed by atoms with Crippen molar-refractivity contribution in [1.82, 2.24) is 0 Å². The molecule has 0 radical (unpaired) electrons. The van der Waals surface area contributed by atoms with Gasteiger partial charge in [-0.2, -0.15) is 0 Å². The highest BCUT2D eigenvalue weighted by atomic mass is 16.4. The van der Waals surface area contributed by atoms with Gasteiger partial charge in [0, 0.05) is 6.61 Å². The van der Waals surface area contributed by atoms with E-state index in [0.717, 1.165) is 12.8 Å². The SMILES string of the molecule is CCCCCO.NCC(=O)O. The van der Waals surface area contributed by atoms with Gasteiger partial charge in [0.2, 0.25) is 0 Å².